The Morgan fingerprint density at radius 1 is 1.07 bits per heavy atom. The molecule has 2 aliphatic carbocycles. The summed E-state index contributed by atoms with van der Waals surface area (Å²) in [6.45, 7) is 0. The molecule has 0 aromatic heterocycles. The second kappa shape index (κ2) is 2.84. The molecule has 0 aromatic rings. The van der Waals surface area contributed by atoms with E-state index in [9.17, 15) is 27.1 Å². The fourth-order valence-corrected chi connectivity index (χ4v) is 2.93. The molecule has 2 rings (SSSR count). The summed E-state index contributed by atoms with van der Waals surface area (Å²) in [5.41, 5.74) is -2.87. The van der Waals surface area contributed by atoms with E-state index < -0.39 is 30.0 Å². The van der Waals surface area contributed by atoms with Crippen molar-refractivity contribution < 1.29 is 27.1 Å². The van der Waals surface area contributed by atoms with Crippen molar-refractivity contribution in [1.29, 1.82) is 0 Å². The molecule has 2 saturated carbocycles. The zero-order valence-electron chi connectivity index (χ0n) is 7.82. The molecule has 2 aliphatic rings. The number of halogens is 5. The smallest absolute Gasteiger partial charge is 0.383 e. The van der Waals surface area contributed by atoms with Gasteiger partial charge in [-0.2, -0.15) is 22.0 Å². The van der Waals surface area contributed by atoms with Crippen LogP contribution in [0.2, 0.25) is 0 Å². The van der Waals surface area contributed by atoms with Gasteiger partial charge in [-0.05, 0) is 37.5 Å². The van der Waals surface area contributed by atoms with Crippen molar-refractivity contribution in [2.24, 2.45) is 11.8 Å². The zero-order chi connectivity index (χ0) is 11.5. The summed E-state index contributed by atoms with van der Waals surface area (Å²) >= 11 is 0. The Morgan fingerprint density at radius 3 is 2.00 bits per heavy atom. The van der Waals surface area contributed by atoms with Gasteiger partial charge >= 0.3 is 12.1 Å². The van der Waals surface area contributed by atoms with Crippen molar-refractivity contribution in [3.8, 4) is 0 Å². The number of alkyl halides is 5. The van der Waals surface area contributed by atoms with Crippen LogP contribution in [0.3, 0.4) is 0 Å². The fraction of sp³-hybridized carbons (Fsp3) is 1.00. The van der Waals surface area contributed by atoms with Crippen molar-refractivity contribution in [3.63, 3.8) is 0 Å². The van der Waals surface area contributed by atoms with Gasteiger partial charge in [-0.15, -0.1) is 0 Å². The molecule has 0 saturated heterocycles. The van der Waals surface area contributed by atoms with Crippen LogP contribution < -0.4 is 0 Å². The van der Waals surface area contributed by atoms with E-state index in [1.54, 1.807) is 0 Å². The van der Waals surface area contributed by atoms with Gasteiger partial charge in [0.1, 0.15) is 5.60 Å². The number of rotatable bonds is 1. The van der Waals surface area contributed by atoms with Crippen LogP contribution in [0.5, 0.6) is 0 Å². The summed E-state index contributed by atoms with van der Waals surface area (Å²) in [6.07, 6.45) is -4.87. The molecule has 0 aliphatic heterocycles. The van der Waals surface area contributed by atoms with Gasteiger partial charge in [-0.3, -0.25) is 0 Å². The first-order chi connectivity index (χ1) is 6.68. The maximum Gasteiger partial charge on any atom is 0.456 e. The van der Waals surface area contributed by atoms with Gasteiger partial charge in [-0.1, -0.05) is 0 Å². The minimum absolute atomic E-state index is 0.173. The molecule has 3 unspecified atom stereocenters. The SMILES string of the molecule is OC1(C(F)(F)C(F)(F)F)CC2CCC1C2. The van der Waals surface area contributed by atoms with E-state index in [1.165, 1.54) is 0 Å². The molecule has 2 fully saturated rings. The molecule has 1 nitrogen and oxygen atoms in total. The van der Waals surface area contributed by atoms with Crippen molar-refractivity contribution in [2.45, 2.75) is 43.4 Å². The van der Waals surface area contributed by atoms with Gasteiger partial charge in [0.15, 0.2) is 0 Å². The molecule has 15 heavy (non-hydrogen) atoms. The van der Waals surface area contributed by atoms with Gasteiger partial charge in [-0.25, -0.2) is 0 Å². The lowest BCUT2D eigenvalue weighted by Gasteiger charge is -2.39. The summed E-state index contributed by atoms with van der Waals surface area (Å²) in [6, 6.07) is 0. The van der Waals surface area contributed by atoms with Gasteiger partial charge in [0.25, 0.3) is 0 Å². The molecule has 2 bridgehead atoms. The van der Waals surface area contributed by atoms with Crippen molar-refractivity contribution in [3.05, 3.63) is 0 Å². The highest BCUT2D eigenvalue weighted by atomic mass is 19.4. The summed E-state index contributed by atoms with van der Waals surface area (Å²) in [5.74, 6) is -6.06. The van der Waals surface area contributed by atoms with E-state index in [2.05, 4.69) is 0 Å². The Bertz CT molecular complexity index is 274. The van der Waals surface area contributed by atoms with E-state index in [-0.39, 0.29) is 12.3 Å². The largest absolute Gasteiger partial charge is 0.456 e. The lowest BCUT2D eigenvalue weighted by Crippen LogP contribution is -2.59. The molecule has 0 radical (unpaired) electrons. The standard InChI is InChI=1S/C9H11F5O/c10-8(11,9(12,13)14)7(15)4-5-1-2-6(7)3-5/h5-6,15H,1-4H2. The molecule has 0 amide bonds. The number of hydrogen-bond acceptors (Lipinski definition) is 1. The quantitative estimate of drug-likeness (QED) is 0.687. The minimum atomic E-state index is -5.66. The Morgan fingerprint density at radius 2 is 1.67 bits per heavy atom. The minimum Gasteiger partial charge on any atom is -0.383 e. The van der Waals surface area contributed by atoms with Crippen LogP contribution in [0, 0.1) is 11.8 Å². The monoisotopic (exact) mass is 230 g/mol. The summed E-state index contributed by atoms with van der Waals surface area (Å²) in [4.78, 5) is 0. The van der Waals surface area contributed by atoms with Crippen LogP contribution >= 0.6 is 0 Å². The number of fused-ring (bicyclic) bond motifs is 2. The summed E-state index contributed by atoms with van der Waals surface area (Å²) < 4.78 is 62.6. The third kappa shape index (κ3) is 1.30. The Labute approximate surface area is 83.3 Å². The average molecular weight is 230 g/mol. The molecular formula is C9H11F5O. The predicted molar refractivity (Wildman–Crippen MR) is 41.4 cm³/mol. The Kier molecular flexibility index (Phi) is 2.10. The third-order valence-electron chi connectivity index (χ3n) is 3.72. The lowest BCUT2D eigenvalue weighted by molar-refractivity contribution is -0.350. The normalized spacial score (nSPS) is 41.2. The number of hydrogen-bond donors (Lipinski definition) is 1. The first-order valence-corrected chi connectivity index (χ1v) is 4.85. The number of aliphatic hydroxyl groups is 1. The first kappa shape index (κ1) is 11.1. The maximum absolute atomic E-state index is 13.1. The Hall–Kier alpha value is -0.390. The lowest BCUT2D eigenvalue weighted by atomic mass is 9.79. The predicted octanol–water partition coefficient (Wildman–Crippen LogP) is 2.74. The van der Waals surface area contributed by atoms with E-state index in [0.29, 0.717) is 12.8 Å². The molecule has 3 atom stereocenters. The maximum atomic E-state index is 13.1. The molecule has 0 heterocycles. The van der Waals surface area contributed by atoms with Gasteiger partial charge < -0.3 is 5.11 Å². The molecule has 0 spiro atoms. The van der Waals surface area contributed by atoms with E-state index in [1.807, 2.05) is 0 Å². The highest BCUT2D eigenvalue weighted by Crippen LogP contribution is 2.59. The summed E-state index contributed by atoms with van der Waals surface area (Å²) in [5, 5.41) is 9.57. The van der Waals surface area contributed by atoms with Crippen LogP contribution in [-0.4, -0.2) is 22.8 Å². The topological polar surface area (TPSA) is 20.2 Å². The van der Waals surface area contributed by atoms with E-state index >= 15 is 0 Å². The van der Waals surface area contributed by atoms with E-state index in [4.69, 9.17) is 0 Å². The van der Waals surface area contributed by atoms with Crippen LogP contribution in [0.25, 0.3) is 0 Å². The van der Waals surface area contributed by atoms with E-state index in [0.717, 1.165) is 0 Å². The van der Waals surface area contributed by atoms with Crippen LogP contribution in [-0.2, 0) is 0 Å². The molecule has 6 heteroatoms. The van der Waals surface area contributed by atoms with Crippen LogP contribution in [0.4, 0.5) is 22.0 Å². The fourth-order valence-electron chi connectivity index (χ4n) is 2.93. The zero-order valence-corrected chi connectivity index (χ0v) is 7.82. The molecule has 1 N–H and O–H groups in total. The second-order valence-corrected chi connectivity index (χ2v) is 4.58. The molecule has 0 aromatic carbocycles. The van der Waals surface area contributed by atoms with Crippen molar-refractivity contribution in [1.82, 2.24) is 0 Å². The average Bonchev–Trinajstić information content (AvgIpc) is 2.61. The summed E-state index contributed by atoms with van der Waals surface area (Å²) in [7, 11) is 0. The van der Waals surface area contributed by atoms with Crippen LogP contribution in [0.15, 0.2) is 0 Å². The molecular weight excluding hydrogens is 219 g/mol. The van der Waals surface area contributed by atoms with Crippen molar-refractivity contribution in [2.75, 3.05) is 0 Å². The van der Waals surface area contributed by atoms with Gasteiger partial charge in [0, 0.05) is 0 Å². The second-order valence-electron chi connectivity index (χ2n) is 4.58. The van der Waals surface area contributed by atoms with Gasteiger partial charge in [0.2, 0.25) is 0 Å². The van der Waals surface area contributed by atoms with Crippen LogP contribution in [0.1, 0.15) is 25.7 Å². The highest BCUT2D eigenvalue weighted by Gasteiger charge is 2.74. The third-order valence-corrected chi connectivity index (χ3v) is 3.72. The Balaban J connectivity index is 2.30. The molecule has 88 valence electrons. The van der Waals surface area contributed by atoms with Crippen molar-refractivity contribution >= 4 is 0 Å². The first-order valence-electron chi connectivity index (χ1n) is 4.85. The highest BCUT2D eigenvalue weighted by molar-refractivity contribution is 5.10. The van der Waals surface area contributed by atoms with Gasteiger partial charge in [0.05, 0.1) is 0 Å².